The molecule has 0 aliphatic heterocycles. The van der Waals surface area contributed by atoms with Crippen molar-refractivity contribution in [2.75, 3.05) is 5.75 Å². The first-order chi connectivity index (χ1) is 7.74. The summed E-state index contributed by atoms with van der Waals surface area (Å²) in [6.45, 7) is 4.81. The van der Waals surface area contributed by atoms with E-state index in [4.69, 9.17) is 5.11 Å². The zero-order valence-corrected chi connectivity index (χ0v) is 11.1. The Hall–Kier alpha value is -1.11. The van der Waals surface area contributed by atoms with Crippen molar-refractivity contribution in [3.8, 4) is 0 Å². The van der Waals surface area contributed by atoms with Crippen molar-refractivity contribution in [3.05, 3.63) is 0 Å². The van der Waals surface area contributed by atoms with Crippen LogP contribution in [0.1, 0.15) is 33.6 Å². The fourth-order valence-corrected chi connectivity index (χ4v) is 2.23. The van der Waals surface area contributed by atoms with E-state index in [0.29, 0.717) is 12.8 Å². The van der Waals surface area contributed by atoms with Gasteiger partial charge in [0.1, 0.15) is 5.75 Å². The quantitative estimate of drug-likeness (QED) is 0.684. The molecule has 0 aromatic rings. The van der Waals surface area contributed by atoms with E-state index in [1.165, 1.54) is 0 Å². The molecule has 7 heteroatoms. The molecular formula is C10H19NO5S. The number of carbonyl (C=O) groups excluding carboxylic acids is 1. The minimum atomic E-state index is -3.93. The maximum Gasteiger partial charge on any atom is 0.321 e. The number of sulfone groups is 1. The highest BCUT2D eigenvalue weighted by Crippen LogP contribution is 2.03. The number of aliphatic carboxylic acids is 1. The largest absolute Gasteiger partial charge is 0.480 e. The molecule has 0 aliphatic carbocycles. The first kappa shape index (κ1) is 15.9. The van der Waals surface area contributed by atoms with Gasteiger partial charge in [0.25, 0.3) is 0 Å². The van der Waals surface area contributed by atoms with Crippen molar-refractivity contribution in [2.24, 2.45) is 0 Å². The molecule has 0 fully saturated rings. The van der Waals surface area contributed by atoms with E-state index in [1.54, 1.807) is 0 Å². The summed E-state index contributed by atoms with van der Waals surface area (Å²) in [6.07, 6.45) is 1.41. The molecule has 2 N–H and O–H groups in total. The van der Waals surface area contributed by atoms with Crippen molar-refractivity contribution >= 4 is 21.7 Å². The lowest BCUT2D eigenvalue weighted by Gasteiger charge is -2.15. The number of carbonyl (C=O) groups is 2. The lowest BCUT2D eigenvalue weighted by Crippen LogP contribution is -2.41. The molecule has 0 radical (unpaired) electrons. The van der Waals surface area contributed by atoms with E-state index in [2.05, 4.69) is 5.32 Å². The van der Waals surface area contributed by atoms with Crippen LogP contribution in [0.2, 0.25) is 0 Å². The fourth-order valence-electron chi connectivity index (χ4n) is 1.22. The molecule has 1 unspecified atom stereocenters. The van der Waals surface area contributed by atoms with Crippen LogP contribution >= 0.6 is 0 Å². The third-order valence-electron chi connectivity index (χ3n) is 2.57. The van der Waals surface area contributed by atoms with Gasteiger partial charge in [-0.25, -0.2) is 8.42 Å². The summed E-state index contributed by atoms with van der Waals surface area (Å²) in [5, 5.41) is 9.59. The summed E-state index contributed by atoms with van der Waals surface area (Å²) in [6, 6.07) is -0.0714. The maximum atomic E-state index is 11.5. The second-order valence-corrected chi connectivity index (χ2v) is 6.19. The smallest absolute Gasteiger partial charge is 0.321 e. The second-order valence-electron chi connectivity index (χ2n) is 3.87. The van der Waals surface area contributed by atoms with Crippen LogP contribution < -0.4 is 5.32 Å². The van der Waals surface area contributed by atoms with Gasteiger partial charge in [-0.05, 0) is 19.8 Å². The third kappa shape index (κ3) is 5.16. The minimum absolute atomic E-state index is 0.0714. The summed E-state index contributed by atoms with van der Waals surface area (Å²) in [7, 11) is -3.93. The van der Waals surface area contributed by atoms with Crippen molar-refractivity contribution in [1.29, 1.82) is 0 Å². The Balaban J connectivity index is 4.53. The minimum Gasteiger partial charge on any atom is -0.480 e. The SMILES string of the molecule is CCC(CC)NC(=O)CS(=O)(=O)C(C)C(=O)O. The summed E-state index contributed by atoms with van der Waals surface area (Å²) >= 11 is 0. The summed E-state index contributed by atoms with van der Waals surface area (Å²) < 4.78 is 23.0. The zero-order valence-electron chi connectivity index (χ0n) is 10.3. The molecule has 1 atom stereocenters. The van der Waals surface area contributed by atoms with Gasteiger partial charge in [-0.15, -0.1) is 0 Å². The normalized spacial score (nSPS) is 13.4. The number of nitrogens with one attached hydrogen (secondary N) is 1. The summed E-state index contributed by atoms with van der Waals surface area (Å²) in [5.74, 6) is -2.87. The number of carboxylic acid groups (broad SMARTS) is 1. The molecule has 0 bridgehead atoms. The van der Waals surface area contributed by atoms with Crippen LogP contribution in [0.5, 0.6) is 0 Å². The van der Waals surface area contributed by atoms with Crippen LogP contribution in [0.3, 0.4) is 0 Å². The fraction of sp³-hybridized carbons (Fsp3) is 0.800. The van der Waals surface area contributed by atoms with Gasteiger partial charge in [-0.1, -0.05) is 13.8 Å². The first-order valence-electron chi connectivity index (χ1n) is 5.48. The predicted molar refractivity (Wildman–Crippen MR) is 63.4 cm³/mol. The number of hydrogen-bond donors (Lipinski definition) is 2. The van der Waals surface area contributed by atoms with E-state index < -0.39 is 32.7 Å². The molecule has 0 rings (SSSR count). The Morgan fingerprint density at radius 1 is 1.24 bits per heavy atom. The van der Waals surface area contributed by atoms with Crippen LogP contribution in [-0.4, -0.2) is 42.4 Å². The highest BCUT2D eigenvalue weighted by molar-refractivity contribution is 7.93. The number of rotatable bonds is 7. The Kier molecular flexibility index (Phi) is 6.15. The van der Waals surface area contributed by atoms with Crippen molar-refractivity contribution in [2.45, 2.75) is 44.9 Å². The van der Waals surface area contributed by atoms with E-state index in [9.17, 15) is 18.0 Å². The molecule has 1 amide bonds. The van der Waals surface area contributed by atoms with Gasteiger partial charge < -0.3 is 10.4 Å². The average Bonchev–Trinajstić information content (AvgIpc) is 2.23. The lowest BCUT2D eigenvalue weighted by molar-refractivity contribution is -0.136. The molecule has 0 saturated carbocycles. The van der Waals surface area contributed by atoms with E-state index in [1.807, 2.05) is 13.8 Å². The Bertz CT molecular complexity index is 372. The predicted octanol–water partition coefficient (Wildman–Crippen LogP) is 0.179. The highest BCUT2D eigenvalue weighted by Gasteiger charge is 2.30. The van der Waals surface area contributed by atoms with E-state index in [0.717, 1.165) is 6.92 Å². The number of amides is 1. The van der Waals surface area contributed by atoms with Crippen LogP contribution in [0.25, 0.3) is 0 Å². The van der Waals surface area contributed by atoms with Crippen LogP contribution in [0.15, 0.2) is 0 Å². The molecule has 0 aromatic carbocycles. The summed E-state index contributed by atoms with van der Waals surface area (Å²) in [4.78, 5) is 22.0. The van der Waals surface area contributed by atoms with Gasteiger partial charge in [0, 0.05) is 6.04 Å². The molecule has 0 heterocycles. The van der Waals surface area contributed by atoms with Crippen molar-refractivity contribution in [1.82, 2.24) is 5.32 Å². The first-order valence-corrected chi connectivity index (χ1v) is 7.19. The number of carboxylic acids is 1. The van der Waals surface area contributed by atoms with Crippen LogP contribution in [-0.2, 0) is 19.4 Å². The average molecular weight is 265 g/mol. The Labute approximate surface area is 101 Å². The Morgan fingerprint density at radius 2 is 1.71 bits per heavy atom. The van der Waals surface area contributed by atoms with Crippen molar-refractivity contribution < 1.29 is 23.1 Å². The van der Waals surface area contributed by atoms with Gasteiger partial charge >= 0.3 is 5.97 Å². The molecule has 0 saturated heterocycles. The van der Waals surface area contributed by atoms with Gasteiger partial charge in [0.15, 0.2) is 15.1 Å². The maximum absolute atomic E-state index is 11.5. The molecule has 0 aliphatic rings. The second kappa shape index (κ2) is 6.58. The highest BCUT2D eigenvalue weighted by atomic mass is 32.2. The van der Waals surface area contributed by atoms with Gasteiger partial charge in [0.2, 0.25) is 5.91 Å². The molecule has 0 spiro atoms. The molecule has 0 aromatic heterocycles. The summed E-state index contributed by atoms with van der Waals surface area (Å²) in [5.41, 5.74) is 0. The van der Waals surface area contributed by atoms with Gasteiger partial charge in [-0.3, -0.25) is 9.59 Å². The molecular weight excluding hydrogens is 246 g/mol. The third-order valence-corrected chi connectivity index (χ3v) is 4.51. The topological polar surface area (TPSA) is 101 Å². The zero-order chi connectivity index (χ0) is 13.6. The van der Waals surface area contributed by atoms with Crippen LogP contribution in [0, 0.1) is 0 Å². The van der Waals surface area contributed by atoms with Gasteiger partial charge in [0.05, 0.1) is 0 Å². The molecule has 6 nitrogen and oxygen atoms in total. The van der Waals surface area contributed by atoms with Crippen LogP contribution in [0.4, 0.5) is 0 Å². The van der Waals surface area contributed by atoms with E-state index >= 15 is 0 Å². The van der Waals surface area contributed by atoms with E-state index in [-0.39, 0.29) is 6.04 Å². The standard InChI is InChI=1S/C10H19NO5S/c1-4-8(5-2)11-9(12)6-17(15,16)7(3)10(13)14/h7-8H,4-6H2,1-3H3,(H,11,12)(H,13,14). The monoisotopic (exact) mass is 265 g/mol. The Morgan fingerprint density at radius 3 is 2.06 bits per heavy atom. The molecule has 17 heavy (non-hydrogen) atoms. The van der Waals surface area contributed by atoms with Gasteiger partial charge in [-0.2, -0.15) is 0 Å². The van der Waals surface area contributed by atoms with Crippen molar-refractivity contribution in [3.63, 3.8) is 0 Å². The number of hydrogen-bond acceptors (Lipinski definition) is 4. The molecule has 100 valence electrons. The lowest BCUT2D eigenvalue weighted by atomic mass is 10.2.